The first kappa shape index (κ1) is 15.5. The molecule has 0 saturated heterocycles. The van der Waals surface area contributed by atoms with Gasteiger partial charge in [0.1, 0.15) is 0 Å². The Balaban J connectivity index is 2.46. The lowest BCUT2D eigenvalue weighted by atomic mass is 10.2. The standard InChI is InChI=1S/C13H21FN2O3/c1-2-19-13-9-12(11(15)8-10(13)14)16-4-3-6-18-7-5-17/h8-9,16-17H,2-7,15H2,1H3. The highest BCUT2D eigenvalue weighted by atomic mass is 19.1. The normalized spacial score (nSPS) is 10.5. The monoisotopic (exact) mass is 272 g/mol. The maximum Gasteiger partial charge on any atom is 0.167 e. The molecule has 108 valence electrons. The maximum atomic E-state index is 13.5. The molecular formula is C13H21FN2O3. The van der Waals surface area contributed by atoms with Gasteiger partial charge in [-0.1, -0.05) is 0 Å². The summed E-state index contributed by atoms with van der Waals surface area (Å²) < 4.78 is 23.8. The van der Waals surface area contributed by atoms with Crippen LogP contribution < -0.4 is 15.8 Å². The predicted molar refractivity (Wildman–Crippen MR) is 73.0 cm³/mol. The van der Waals surface area contributed by atoms with Crippen LogP contribution in [0.5, 0.6) is 5.75 Å². The Bertz CT molecular complexity index is 388. The second kappa shape index (κ2) is 8.55. The van der Waals surface area contributed by atoms with E-state index in [1.54, 1.807) is 13.0 Å². The molecule has 0 amide bonds. The summed E-state index contributed by atoms with van der Waals surface area (Å²) >= 11 is 0. The van der Waals surface area contributed by atoms with E-state index in [0.29, 0.717) is 37.7 Å². The first-order valence-electron chi connectivity index (χ1n) is 6.33. The fourth-order valence-corrected chi connectivity index (χ4v) is 1.55. The molecule has 1 aromatic rings. The number of benzene rings is 1. The Morgan fingerprint density at radius 3 is 2.84 bits per heavy atom. The molecule has 0 bridgehead atoms. The third-order valence-electron chi connectivity index (χ3n) is 2.42. The van der Waals surface area contributed by atoms with Crippen LogP contribution in [-0.4, -0.2) is 38.1 Å². The van der Waals surface area contributed by atoms with Gasteiger partial charge in [-0.3, -0.25) is 0 Å². The number of nitrogen functional groups attached to an aromatic ring is 1. The number of anilines is 2. The predicted octanol–water partition coefficient (Wildman–Crippen LogP) is 1.62. The molecule has 0 aliphatic rings. The lowest BCUT2D eigenvalue weighted by Gasteiger charge is -2.12. The van der Waals surface area contributed by atoms with Crippen LogP contribution in [0.4, 0.5) is 15.8 Å². The highest BCUT2D eigenvalue weighted by molar-refractivity contribution is 5.68. The highest BCUT2D eigenvalue weighted by Gasteiger charge is 2.08. The molecule has 0 radical (unpaired) electrons. The van der Waals surface area contributed by atoms with E-state index in [4.69, 9.17) is 20.3 Å². The third-order valence-corrected chi connectivity index (χ3v) is 2.42. The molecule has 0 unspecified atom stereocenters. The summed E-state index contributed by atoms with van der Waals surface area (Å²) in [6.45, 7) is 3.75. The van der Waals surface area contributed by atoms with Crippen molar-refractivity contribution in [2.24, 2.45) is 0 Å². The number of nitrogens with one attached hydrogen (secondary N) is 1. The van der Waals surface area contributed by atoms with Gasteiger partial charge in [-0.2, -0.15) is 0 Å². The van der Waals surface area contributed by atoms with Gasteiger partial charge < -0.3 is 25.6 Å². The largest absolute Gasteiger partial charge is 0.491 e. The van der Waals surface area contributed by atoms with Crippen LogP contribution in [0.1, 0.15) is 13.3 Å². The molecule has 5 nitrogen and oxygen atoms in total. The minimum absolute atomic E-state index is 0.0239. The zero-order chi connectivity index (χ0) is 14.1. The second-order valence-electron chi connectivity index (χ2n) is 3.92. The Morgan fingerprint density at radius 1 is 1.37 bits per heavy atom. The van der Waals surface area contributed by atoms with Gasteiger partial charge in [-0.15, -0.1) is 0 Å². The molecule has 6 heteroatoms. The zero-order valence-electron chi connectivity index (χ0n) is 11.1. The van der Waals surface area contributed by atoms with Crippen LogP contribution in [-0.2, 0) is 4.74 Å². The molecule has 0 fully saturated rings. The number of hydrogen-bond acceptors (Lipinski definition) is 5. The molecule has 1 rings (SSSR count). The van der Waals surface area contributed by atoms with E-state index >= 15 is 0 Å². The second-order valence-corrected chi connectivity index (χ2v) is 3.92. The molecule has 4 N–H and O–H groups in total. The first-order chi connectivity index (χ1) is 9.19. The quantitative estimate of drug-likeness (QED) is 0.470. The molecule has 0 saturated carbocycles. The molecule has 0 atom stereocenters. The van der Waals surface area contributed by atoms with Crippen molar-refractivity contribution in [2.45, 2.75) is 13.3 Å². The van der Waals surface area contributed by atoms with E-state index in [2.05, 4.69) is 5.32 Å². The Morgan fingerprint density at radius 2 is 2.16 bits per heavy atom. The number of aliphatic hydroxyl groups excluding tert-OH is 1. The molecule has 0 spiro atoms. The van der Waals surface area contributed by atoms with Crippen molar-refractivity contribution in [3.63, 3.8) is 0 Å². The van der Waals surface area contributed by atoms with Gasteiger partial charge in [0.2, 0.25) is 0 Å². The lowest BCUT2D eigenvalue weighted by Crippen LogP contribution is -2.09. The molecule has 19 heavy (non-hydrogen) atoms. The van der Waals surface area contributed by atoms with E-state index < -0.39 is 5.82 Å². The van der Waals surface area contributed by atoms with Gasteiger partial charge in [-0.05, 0) is 13.3 Å². The summed E-state index contributed by atoms with van der Waals surface area (Å²) in [5.41, 5.74) is 6.72. The van der Waals surface area contributed by atoms with Crippen molar-refractivity contribution in [3.8, 4) is 5.75 Å². The van der Waals surface area contributed by atoms with Gasteiger partial charge in [0, 0.05) is 25.3 Å². The summed E-state index contributed by atoms with van der Waals surface area (Å²) in [4.78, 5) is 0. The van der Waals surface area contributed by atoms with Crippen LogP contribution in [0, 0.1) is 5.82 Å². The van der Waals surface area contributed by atoms with E-state index in [1.165, 1.54) is 6.07 Å². The first-order valence-corrected chi connectivity index (χ1v) is 6.33. The summed E-state index contributed by atoms with van der Waals surface area (Å²) in [5, 5.41) is 11.6. The Hall–Kier alpha value is -1.53. The summed E-state index contributed by atoms with van der Waals surface area (Å²) in [6.07, 6.45) is 0.765. The highest BCUT2D eigenvalue weighted by Crippen LogP contribution is 2.28. The number of halogens is 1. The Labute approximate surface area is 112 Å². The molecule has 0 aromatic heterocycles. The van der Waals surface area contributed by atoms with Crippen molar-refractivity contribution in [2.75, 3.05) is 44.0 Å². The molecule has 1 aromatic carbocycles. The number of nitrogens with two attached hydrogens (primary N) is 1. The topological polar surface area (TPSA) is 76.7 Å². The molecule has 0 heterocycles. The molecular weight excluding hydrogens is 251 g/mol. The van der Waals surface area contributed by atoms with Gasteiger partial charge in [0.25, 0.3) is 0 Å². The molecule has 0 aliphatic carbocycles. The van der Waals surface area contributed by atoms with E-state index in [0.717, 1.165) is 6.42 Å². The van der Waals surface area contributed by atoms with Gasteiger partial charge >= 0.3 is 0 Å². The average molecular weight is 272 g/mol. The van der Waals surface area contributed by atoms with E-state index in [9.17, 15) is 4.39 Å². The zero-order valence-corrected chi connectivity index (χ0v) is 11.1. The van der Waals surface area contributed by atoms with E-state index in [-0.39, 0.29) is 12.4 Å². The maximum absolute atomic E-state index is 13.5. The van der Waals surface area contributed by atoms with Crippen molar-refractivity contribution < 1.29 is 19.0 Å². The van der Waals surface area contributed by atoms with Crippen molar-refractivity contribution in [1.29, 1.82) is 0 Å². The smallest absolute Gasteiger partial charge is 0.167 e. The van der Waals surface area contributed by atoms with Gasteiger partial charge in [-0.25, -0.2) is 4.39 Å². The van der Waals surface area contributed by atoms with Crippen LogP contribution in [0.15, 0.2) is 12.1 Å². The molecule has 0 aliphatic heterocycles. The van der Waals surface area contributed by atoms with E-state index in [1.807, 2.05) is 0 Å². The van der Waals surface area contributed by atoms with Crippen LogP contribution >= 0.6 is 0 Å². The summed E-state index contributed by atoms with van der Waals surface area (Å²) in [6, 6.07) is 2.80. The van der Waals surface area contributed by atoms with Crippen LogP contribution in [0.3, 0.4) is 0 Å². The summed E-state index contributed by atoms with van der Waals surface area (Å²) in [5.74, 6) is -0.271. The van der Waals surface area contributed by atoms with Gasteiger partial charge in [0.15, 0.2) is 11.6 Å². The van der Waals surface area contributed by atoms with Crippen molar-refractivity contribution in [1.82, 2.24) is 0 Å². The minimum Gasteiger partial charge on any atom is -0.491 e. The van der Waals surface area contributed by atoms with Crippen molar-refractivity contribution >= 4 is 11.4 Å². The van der Waals surface area contributed by atoms with Crippen LogP contribution in [0.2, 0.25) is 0 Å². The van der Waals surface area contributed by atoms with Crippen LogP contribution in [0.25, 0.3) is 0 Å². The SMILES string of the molecule is CCOc1cc(NCCCOCCO)c(N)cc1F. The lowest BCUT2D eigenvalue weighted by molar-refractivity contribution is 0.0922. The number of hydrogen-bond donors (Lipinski definition) is 3. The fraction of sp³-hybridized carbons (Fsp3) is 0.538. The third kappa shape index (κ3) is 5.32. The fourth-order valence-electron chi connectivity index (χ4n) is 1.55. The average Bonchev–Trinajstić information content (AvgIpc) is 2.38. The number of rotatable bonds is 9. The Kier molecular flexibility index (Phi) is 6.99. The minimum atomic E-state index is -0.462. The summed E-state index contributed by atoms with van der Waals surface area (Å²) in [7, 11) is 0. The van der Waals surface area contributed by atoms with Gasteiger partial charge in [0.05, 0.1) is 31.2 Å². The number of aliphatic hydroxyl groups is 1. The number of ether oxygens (including phenoxy) is 2. The van der Waals surface area contributed by atoms with Crippen molar-refractivity contribution in [3.05, 3.63) is 17.9 Å².